The van der Waals surface area contributed by atoms with Crippen molar-refractivity contribution in [1.82, 2.24) is 0 Å². The van der Waals surface area contributed by atoms with E-state index in [0.29, 0.717) is 11.1 Å². The molecule has 0 spiro atoms. The van der Waals surface area contributed by atoms with Crippen LogP contribution in [0.1, 0.15) is 10.4 Å². The van der Waals surface area contributed by atoms with Gasteiger partial charge in [0.2, 0.25) is 11.2 Å². The molecular weight excluding hydrogens is 372 g/mol. The van der Waals surface area contributed by atoms with Gasteiger partial charge < -0.3 is 19.0 Å². The number of carbonyl (C=O) groups is 1. The normalized spacial score (nSPS) is 10.7. The first-order valence-corrected chi connectivity index (χ1v) is 8.79. The molecule has 0 atom stereocenters. The second-order valence-electron chi connectivity index (χ2n) is 6.23. The third-order valence-electron chi connectivity index (χ3n) is 4.35. The van der Waals surface area contributed by atoms with Crippen molar-refractivity contribution < 1.29 is 23.8 Å². The lowest BCUT2D eigenvalue weighted by Gasteiger charge is -2.12. The lowest BCUT2D eigenvalue weighted by molar-refractivity contribution is 0.0737. The minimum atomic E-state index is -0.664. The molecule has 0 bridgehead atoms. The molecule has 0 radical (unpaired) electrons. The van der Waals surface area contributed by atoms with Gasteiger partial charge in [0.1, 0.15) is 22.5 Å². The lowest BCUT2D eigenvalue weighted by atomic mass is 10.1. The fraction of sp³-hybridized carbons (Fsp3) is 0.0435. The Labute approximate surface area is 165 Å². The highest BCUT2D eigenvalue weighted by Crippen LogP contribution is 2.36. The summed E-state index contributed by atoms with van der Waals surface area (Å²) in [5.41, 5.74) is 0.504. The van der Waals surface area contributed by atoms with E-state index >= 15 is 0 Å². The molecule has 1 N–H and O–H groups in total. The Morgan fingerprint density at radius 1 is 0.966 bits per heavy atom. The Balaban J connectivity index is 1.91. The van der Waals surface area contributed by atoms with E-state index < -0.39 is 11.4 Å². The van der Waals surface area contributed by atoms with Crippen LogP contribution in [0.5, 0.6) is 17.2 Å². The summed E-state index contributed by atoms with van der Waals surface area (Å²) in [6.45, 7) is 0. The van der Waals surface area contributed by atoms with Gasteiger partial charge in [0.15, 0.2) is 5.76 Å². The lowest BCUT2D eigenvalue weighted by Crippen LogP contribution is -2.13. The number of hydrogen-bond donors (Lipinski definition) is 1. The predicted octanol–water partition coefficient (Wildman–Crippen LogP) is 4.39. The van der Waals surface area contributed by atoms with Gasteiger partial charge in [0.05, 0.1) is 12.7 Å². The number of hydrogen-bond acceptors (Lipinski definition) is 6. The fourth-order valence-corrected chi connectivity index (χ4v) is 3.03. The zero-order valence-electron chi connectivity index (χ0n) is 15.4. The van der Waals surface area contributed by atoms with Gasteiger partial charge in [-0.2, -0.15) is 0 Å². The molecule has 1 heterocycles. The van der Waals surface area contributed by atoms with E-state index in [9.17, 15) is 14.7 Å². The van der Waals surface area contributed by atoms with Gasteiger partial charge in [0.25, 0.3) is 0 Å². The Morgan fingerprint density at radius 2 is 1.62 bits per heavy atom. The number of fused-ring (bicyclic) bond motifs is 1. The number of methoxy groups -OCH3 is 1. The summed E-state index contributed by atoms with van der Waals surface area (Å²) in [7, 11) is 1.36. The summed E-state index contributed by atoms with van der Waals surface area (Å²) >= 11 is 0. The number of aromatic hydroxyl groups is 1. The molecule has 29 heavy (non-hydrogen) atoms. The summed E-state index contributed by atoms with van der Waals surface area (Å²) in [6.07, 6.45) is 0. The molecule has 0 aliphatic rings. The molecule has 0 unspecified atom stereocenters. The minimum Gasteiger partial charge on any atom is -0.508 e. The number of phenolic OH excluding ortho intramolecular Hbond substituents is 1. The van der Waals surface area contributed by atoms with Crippen LogP contribution in [0.3, 0.4) is 0 Å². The first kappa shape index (κ1) is 18.3. The highest BCUT2D eigenvalue weighted by molar-refractivity contribution is 5.95. The van der Waals surface area contributed by atoms with Crippen molar-refractivity contribution in [3.63, 3.8) is 0 Å². The monoisotopic (exact) mass is 388 g/mol. The fourth-order valence-electron chi connectivity index (χ4n) is 3.03. The van der Waals surface area contributed by atoms with Gasteiger partial charge in [-0.3, -0.25) is 4.79 Å². The molecule has 0 saturated carbocycles. The first-order chi connectivity index (χ1) is 14.1. The smallest absolute Gasteiger partial charge is 0.343 e. The topological polar surface area (TPSA) is 86.0 Å². The van der Waals surface area contributed by atoms with Crippen molar-refractivity contribution in [1.29, 1.82) is 0 Å². The van der Waals surface area contributed by atoms with Crippen molar-refractivity contribution in [2.75, 3.05) is 7.11 Å². The number of carbonyl (C=O) groups excluding carboxylic acids is 1. The van der Waals surface area contributed by atoms with Crippen LogP contribution in [0.2, 0.25) is 0 Å². The molecule has 0 fully saturated rings. The molecular formula is C23H16O6. The van der Waals surface area contributed by atoms with E-state index in [2.05, 4.69) is 0 Å². The molecule has 0 saturated heterocycles. The van der Waals surface area contributed by atoms with E-state index in [4.69, 9.17) is 13.9 Å². The average molecular weight is 388 g/mol. The Kier molecular flexibility index (Phi) is 4.75. The van der Waals surface area contributed by atoms with Crippen molar-refractivity contribution in [2.45, 2.75) is 0 Å². The van der Waals surface area contributed by atoms with Crippen molar-refractivity contribution in [3.8, 4) is 28.6 Å². The van der Waals surface area contributed by atoms with Crippen LogP contribution in [-0.4, -0.2) is 18.2 Å². The number of benzene rings is 3. The van der Waals surface area contributed by atoms with Gasteiger partial charge in [-0.25, -0.2) is 4.79 Å². The van der Waals surface area contributed by atoms with Gasteiger partial charge in [-0.15, -0.1) is 0 Å². The maximum atomic E-state index is 13.1. The van der Waals surface area contributed by atoms with Gasteiger partial charge in [-0.1, -0.05) is 48.5 Å². The maximum Gasteiger partial charge on any atom is 0.343 e. The third kappa shape index (κ3) is 3.43. The maximum absolute atomic E-state index is 13.1. The standard InChI is InChI=1S/C23H16O6/c1-27-22-20(25)19-17(28-21(22)14-8-4-2-5-9-14)12-16(24)13-18(19)29-23(26)15-10-6-3-7-11-15/h2-13,24H,1H3. The quantitative estimate of drug-likeness (QED) is 0.412. The zero-order valence-corrected chi connectivity index (χ0v) is 15.4. The highest BCUT2D eigenvalue weighted by atomic mass is 16.5. The molecule has 6 nitrogen and oxygen atoms in total. The van der Waals surface area contributed by atoms with Crippen LogP contribution in [-0.2, 0) is 0 Å². The van der Waals surface area contributed by atoms with Gasteiger partial charge >= 0.3 is 5.97 Å². The molecule has 3 aromatic carbocycles. The molecule has 1 aromatic heterocycles. The van der Waals surface area contributed by atoms with Crippen LogP contribution < -0.4 is 14.9 Å². The zero-order chi connectivity index (χ0) is 20.4. The van der Waals surface area contributed by atoms with E-state index in [-0.39, 0.29) is 34.0 Å². The van der Waals surface area contributed by atoms with Crippen molar-refractivity contribution >= 4 is 16.9 Å². The molecule has 0 aliphatic heterocycles. The Morgan fingerprint density at radius 3 is 2.28 bits per heavy atom. The number of rotatable bonds is 4. The highest BCUT2D eigenvalue weighted by Gasteiger charge is 2.22. The molecule has 0 amide bonds. The summed E-state index contributed by atoms with van der Waals surface area (Å²) in [6, 6.07) is 19.8. The number of ether oxygens (including phenoxy) is 2. The van der Waals surface area contributed by atoms with E-state index in [1.165, 1.54) is 19.2 Å². The summed E-state index contributed by atoms with van der Waals surface area (Å²) in [5, 5.41) is 10.1. The van der Waals surface area contributed by atoms with Crippen LogP contribution in [0.15, 0.2) is 82.0 Å². The van der Waals surface area contributed by atoms with Crippen LogP contribution in [0.25, 0.3) is 22.3 Å². The molecule has 4 aromatic rings. The molecule has 4 rings (SSSR count). The summed E-state index contributed by atoms with van der Waals surface area (Å²) in [5.74, 6) is -0.785. The third-order valence-corrected chi connectivity index (χ3v) is 4.35. The minimum absolute atomic E-state index is 0.00334. The SMILES string of the molecule is COc1c(-c2ccccc2)oc2cc(O)cc(OC(=O)c3ccccc3)c2c1=O. The second kappa shape index (κ2) is 7.52. The summed E-state index contributed by atoms with van der Waals surface area (Å²) in [4.78, 5) is 25.6. The molecule has 0 aliphatic carbocycles. The van der Waals surface area contributed by atoms with Crippen LogP contribution in [0.4, 0.5) is 0 Å². The van der Waals surface area contributed by atoms with Crippen LogP contribution >= 0.6 is 0 Å². The Bertz CT molecular complexity index is 1240. The van der Waals surface area contributed by atoms with Gasteiger partial charge in [0, 0.05) is 17.7 Å². The van der Waals surface area contributed by atoms with E-state index in [1.54, 1.807) is 54.6 Å². The first-order valence-electron chi connectivity index (χ1n) is 8.79. The van der Waals surface area contributed by atoms with Crippen molar-refractivity contribution in [2.24, 2.45) is 0 Å². The molecule has 144 valence electrons. The van der Waals surface area contributed by atoms with Crippen LogP contribution in [0, 0.1) is 0 Å². The predicted molar refractivity (Wildman–Crippen MR) is 108 cm³/mol. The summed E-state index contributed by atoms with van der Waals surface area (Å²) < 4.78 is 16.6. The number of phenols is 1. The van der Waals surface area contributed by atoms with E-state index in [0.717, 1.165) is 0 Å². The average Bonchev–Trinajstić information content (AvgIpc) is 2.74. The Hall–Kier alpha value is -4.06. The van der Waals surface area contributed by atoms with Crippen molar-refractivity contribution in [3.05, 3.63) is 88.6 Å². The second-order valence-corrected chi connectivity index (χ2v) is 6.23. The molecule has 6 heteroatoms. The van der Waals surface area contributed by atoms with Gasteiger partial charge in [-0.05, 0) is 12.1 Å². The van der Waals surface area contributed by atoms with E-state index in [1.807, 2.05) is 6.07 Å². The number of esters is 1. The largest absolute Gasteiger partial charge is 0.508 e.